The minimum atomic E-state index is -0.491. The van der Waals surface area contributed by atoms with Crippen molar-refractivity contribution in [3.63, 3.8) is 0 Å². The maximum absolute atomic E-state index is 10.7. The van der Waals surface area contributed by atoms with E-state index in [0.29, 0.717) is 13.1 Å². The molecule has 1 heterocycles. The molecule has 3 aromatic rings. The maximum atomic E-state index is 10.7. The van der Waals surface area contributed by atoms with Crippen LogP contribution >= 0.6 is 11.8 Å². The Morgan fingerprint density at radius 3 is 2.19 bits per heavy atom. The van der Waals surface area contributed by atoms with E-state index in [-0.39, 0.29) is 0 Å². The van der Waals surface area contributed by atoms with Gasteiger partial charge in [-0.25, -0.2) is 0 Å². The summed E-state index contributed by atoms with van der Waals surface area (Å²) in [5, 5.41) is 14.1. The van der Waals surface area contributed by atoms with E-state index in [2.05, 4.69) is 90.8 Å². The van der Waals surface area contributed by atoms with Crippen LogP contribution in [0.15, 0.2) is 76.5 Å². The number of benzene rings is 3. The summed E-state index contributed by atoms with van der Waals surface area (Å²) >= 11 is 1.79. The van der Waals surface area contributed by atoms with E-state index in [0.717, 1.165) is 17.1 Å². The standard InChI is InChI=1S/C23H24N2OS/c1-16-11-12-19(17(2)13-16)24-14-18(26)15-25-20-7-3-5-9-22(20)27-23-10-6-4-8-21(23)25/h3-13,18,24,26H,14-15H2,1-2H3. The molecule has 0 radical (unpaired) electrons. The van der Waals surface area contributed by atoms with Gasteiger partial charge in [0.05, 0.1) is 24.0 Å². The van der Waals surface area contributed by atoms with Crippen molar-refractivity contribution in [1.29, 1.82) is 0 Å². The van der Waals surface area contributed by atoms with Gasteiger partial charge in [0.2, 0.25) is 0 Å². The third-order valence-electron chi connectivity index (χ3n) is 4.84. The van der Waals surface area contributed by atoms with Crippen LogP contribution in [-0.4, -0.2) is 24.3 Å². The SMILES string of the molecule is Cc1ccc(NCC(O)CN2c3ccccc3Sc3ccccc32)c(C)c1. The van der Waals surface area contributed by atoms with Crippen molar-refractivity contribution in [3.05, 3.63) is 77.9 Å². The second-order valence-electron chi connectivity index (χ2n) is 7.00. The topological polar surface area (TPSA) is 35.5 Å². The maximum Gasteiger partial charge on any atom is 0.0891 e. The smallest absolute Gasteiger partial charge is 0.0891 e. The first kappa shape index (κ1) is 18.0. The zero-order chi connectivity index (χ0) is 18.8. The largest absolute Gasteiger partial charge is 0.389 e. The fraction of sp³-hybridized carbons (Fsp3) is 0.217. The number of aryl methyl sites for hydroxylation is 2. The Morgan fingerprint density at radius 1 is 0.926 bits per heavy atom. The molecule has 1 unspecified atom stereocenters. The van der Waals surface area contributed by atoms with Crippen molar-refractivity contribution in [3.8, 4) is 0 Å². The van der Waals surface area contributed by atoms with E-state index in [1.54, 1.807) is 11.8 Å². The fourth-order valence-corrected chi connectivity index (χ4v) is 4.59. The Hall–Kier alpha value is -2.43. The van der Waals surface area contributed by atoms with Crippen molar-refractivity contribution in [2.45, 2.75) is 29.7 Å². The molecule has 27 heavy (non-hydrogen) atoms. The van der Waals surface area contributed by atoms with E-state index in [9.17, 15) is 5.11 Å². The van der Waals surface area contributed by atoms with Gasteiger partial charge in [-0.1, -0.05) is 53.7 Å². The van der Waals surface area contributed by atoms with Crippen molar-refractivity contribution >= 4 is 28.8 Å². The van der Waals surface area contributed by atoms with Crippen LogP contribution in [0.5, 0.6) is 0 Å². The first-order chi connectivity index (χ1) is 13.1. The molecule has 4 rings (SSSR count). The highest BCUT2D eigenvalue weighted by atomic mass is 32.2. The monoisotopic (exact) mass is 376 g/mol. The van der Waals surface area contributed by atoms with Crippen LogP contribution < -0.4 is 10.2 Å². The van der Waals surface area contributed by atoms with Crippen LogP contribution in [0.4, 0.5) is 17.1 Å². The highest BCUT2D eigenvalue weighted by molar-refractivity contribution is 7.99. The molecule has 0 fully saturated rings. The van der Waals surface area contributed by atoms with Crippen LogP contribution in [0.1, 0.15) is 11.1 Å². The van der Waals surface area contributed by atoms with Gasteiger partial charge in [-0.15, -0.1) is 0 Å². The highest BCUT2D eigenvalue weighted by Gasteiger charge is 2.24. The number of β-amino-alcohol motifs (C(OH)–C–C–N with tert-alkyl or cyclic N) is 1. The van der Waals surface area contributed by atoms with Gasteiger partial charge < -0.3 is 15.3 Å². The second kappa shape index (κ2) is 7.67. The van der Waals surface area contributed by atoms with Crippen molar-refractivity contribution in [1.82, 2.24) is 0 Å². The van der Waals surface area contributed by atoms with Crippen LogP contribution in [0.2, 0.25) is 0 Å². The van der Waals surface area contributed by atoms with Gasteiger partial charge in [0.15, 0.2) is 0 Å². The number of anilines is 3. The predicted molar refractivity (Wildman–Crippen MR) is 114 cm³/mol. The normalized spacial score (nSPS) is 13.7. The number of rotatable bonds is 5. The first-order valence-electron chi connectivity index (χ1n) is 9.24. The van der Waals surface area contributed by atoms with E-state index in [1.807, 2.05) is 0 Å². The lowest BCUT2D eigenvalue weighted by Crippen LogP contribution is -2.34. The molecule has 1 aliphatic heterocycles. The molecule has 0 saturated carbocycles. The molecule has 0 bridgehead atoms. The minimum Gasteiger partial charge on any atom is -0.389 e. The molecule has 3 nitrogen and oxygen atoms in total. The summed E-state index contributed by atoms with van der Waals surface area (Å²) in [6.45, 7) is 5.25. The molecule has 0 aliphatic carbocycles. The van der Waals surface area contributed by atoms with E-state index in [4.69, 9.17) is 0 Å². The third kappa shape index (κ3) is 3.82. The zero-order valence-corrected chi connectivity index (χ0v) is 16.5. The summed E-state index contributed by atoms with van der Waals surface area (Å²) < 4.78 is 0. The van der Waals surface area contributed by atoms with Gasteiger partial charge in [0.25, 0.3) is 0 Å². The molecule has 4 heteroatoms. The number of nitrogens with one attached hydrogen (secondary N) is 1. The zero-order valence-electron chi connectivity index (χ0n) is 15.6. The van der Waals surface area contributed by atoms with Crippen LogP contribution in [0.25, 0.3) is 0 Å². The summed E-state index contributed by atoms with van der Waals surface area (Å²) in [5.41, 5.74) is 5.85. The predicted octanol–water partition coefficient (Wildman–Crippen LogP) is 5.38. The summed E-state index contributed by atoms with van der Waals surface area (Å²) in [4.78, 5) is 4.69. The molecule has 138 valence electrons. The fourth-order valence-electron chi connectivity index (χ4n) is 3.49. The Labute approximate surface area is 165 Å². The van der Waals surface area contributed by atoms with Gasteiger partial charge >= 0.3 is 0 Å². The van der Waals surface area contributed by atoms with E-state index >= 15 is 0 Å². The number of fused-ring (bicyclic) bond motifs is 2. The summed E-state index contributed by atoms with van der Waals surface area (Å²) in [6.07, 6.45) is -0.491. The molecule has 0 spiro atoms. The Morgan fingerprint density at radius 2 is 1.56 bits per heavy atom. The van der Waals surface area contributed by atoms with Gasteiger partial charge in [-0.2, -0.15) is 0 Å². The quantitative estimate of drug-likeness (QED) is 0.627. The van der Waals surface area contributed by atoms with Crippen molar-refractivity contribution in [2.75, 3.05) is 23.3 Å². The third-order valence-corrected chi connectivity index (χ3v) is 5.97. The van der Waals surface area contributed by atoms with Crippen molar-refractivity contribution in [2.24, 2.45) is 0 Å². The molecule has 0 aromatic heterocycles. The number of aliphatic hydroxyl groups is 1. The summed E-state index contributed by atoms with van der Waals surface area (Å²) in [6, 6.07) is 23.1. The molecular weight excluding hydrogens is 352 g/mol. The molecular formula is C23H24N2OS. The number of para-hydroxylation sites is 2. The van der Waals surface area contributed by atoms with Gasteiger partial charge in [-0.3, -0.25) is 0 Å². The van der Waals surface area contributed by atoms with E-state index in [1.165, 1.54) is 20.9 Å². The van der Waals surface area contributed by atoms with Gasteiger partial charge in [0.1, 0.15) is 0 Å². The van der Waals surface area contributed by atoms with Crippen LogP contribution in [0, 0.1) is 13.8 Å². The number of nitrogens with zero attached hydrogens (tertiary/aromatic N) is 1. The lowest BCUT2D eigenvalue weighted by molar-refractivity contribution is 0.195. The Kier molecular flexibility index (Phi) is 5.10. The van der Waals surface area contributed by atoms with Gasteiger partial charge in [-0.05, 0) is 49.7 Å². The van der Waals surface area contributed by atoms with Gasteiger partial charge in [0, 0.05) is 22.0 Å². The lowest BCUT2D eigenvalue weighted by atomic mass is 10.1. The Bertz CT molecular complexity index is 911. The van der Waals surface area contributed by atoms with Crippen LogP contribution in [-0.2, 0) is 0 Å². The molecule has 1 aliphatic rings. The lowest BCUT2D eigenvalue weighted by Gasteiger charge is -2.34. The first-order valence-corrected chi connectivity index (χ1v) is 10.1. The molecule has 0 saturated heterocycles. The minimum absolute atomic E-state index is 0.491. The second-order valence-corrected chi connectivity index (χ2v) is 8.08. The molecule has 1 atom stereocenters. The molecule has 2 N–H and O–H groups in total. The van der Waals surface area contributed by atoms with E-state index < -0.39 is 6.10 Å². The van der Waals surface area contributed by atoms with Crippen LogP contribution in [0.3, 0.4) is 0 Å². The number of hydrogen-bond donors (Lipinski definition) is 2. The average molecular weight is 377 g/mol. The number of hydrogen-bond acceptors (Lipinski definition) is 4. The van der Waals surface area contributed by atoms with Crippen molar-refractivity contribution < 1.29 is 5.11 Å². The summed E-state index contributed by atoms with van der Waals surface area (Å²) in [5.74, 6) is 0. The average Bonchev–Trinajstić information content (AvgIpc) is 2.67. The molecule has 3 aromatic carbocycles. The Balaban J connectivity index is 1.52. The highest BCUT2D eigenvalue weighted by Crippen LogP contribution is 2.47. The number of aliphatic hydroxyl groups excluding tert-OH is 1. The molecule has 0 amide bonds. The summed E-state index contributed by atoms with van der Waals surface area (Å²) in [7, 11) is 0.